The van der Waals surface area contributed by atoms with E-state index in [9.17, 15) is 4.79 Å². The molecule has 48 valence electrons. The Morgan fingerprint density at radius 3 is 2.12 bits per heavy atom. The fourth-order valence-electron chi connectivity index (χ4n) is 0.263. The summed E-state index contributed by atoms with van der Waals surface area (Å²) < 4.78 is 0. The standard InChI is InChI=1S/C4H9NO3/c1-3(6)5(8)4(2)7/h3,6,8H,1-2H3. The van der Waals surface area contributed by atoms with Gasteiger partial charge in [-0.2, -0.15) is 5.06 Å². The van der Waals surface area contributed by atoms with Crippen LogP contribution in [0.3, 0.4) is 0 Å². The molecular weight excluding hydrogens is 110 g/mol. The van der Waals surface area contributed by atoms with E-state index in [0.717, 1.165) is 6.92 Å². The van der Waals surface area contributed by atoms with Crippen LogP contribution in [0.15, 0.2) is 0 Å². The molecule has 2 N–H and O–H groups in total. The van der Waals surface area contributed by atoms with E-state index in [4.69, 9.17) is 10.3 Å². The Balaban J connectivity index is 3.64. The molecule has 0 bridgehead atoms. The summed E-state index contributed by atoms with van der Waals surface area (Å²) in [5, 5.41) is 17.1. The number of carbonyl (C=O) groups excluding carboxylic acids is 1. The summed E-state index contributed by atoms with van der Waals surface area (Å²) in [4.78, 5) is 10.1. The topological polar surface area (TPSA) is 60.8 Å². The van der Waals surface area contributed by atoms with Crippen molar-refractivity contribution in [3.63, 3.8) is 0 Å². The molecule has 0 aliphatic rings. The molecule has 0 aromatic rings. The number of hydrogen-bond acceptors (Lipinski definition) is 3. The van der Waals surface area contributed by atoms with Crippen molar-refractivity contribution in [3.8, 4) is 0 Å². The smallest absolute Gasteiger partial charge is 0.245 e. The van der Waals surface area contributed by atoms with E-state index in [1.54, 1.807) is 0 Å². The van der Waals surface area contributed by atoms with E-state index in [-0.39, 0.29) is 5.06 Å². The van der Waals surface area contributed by atoms with Crippen LogP contribution in [-0.2, 0) is 4.79 Å². The fraction of sp³-hybridized carbons (Fsp3) is 0.750. The molecule has 0 radical (unpaired) electrons. The molecule has 0 saturated heterocycles. The Morgan fingerprint density at radius 2 is 2.12 bits per heavy atom. The zero-order valence-electron chi connectivity index (χ0n) is 4.83. The Bertz CT molecular complexity index is 91.3. The predicted molar refractivity (Wildman–Crippen MR) is 26.0 cm³/mol. The van der Waals surface area contributed by atoms with Gasteiger partial charge in [0, 0.05) is 6.92 Å². The molecule has 4 nitrogen and oxygen atoms in total. The van der Waals surface area contributed by atoms with Gasteiger partial charge in [0.25, 0.3) is 0 Å². The van der Waals surface area contributed by atoms with Crippen molar-refractivity contribution >= 4 is 5.91 Å². The summed E-state index contributed by atoms with van der Waals surface area (Å²) in [5.74, 6) is -0.569. The molecular formula is C4H9NO3. The number of rotatable bonds is 1. The van der Waals surface area contributed by atoms with Crippen LogP contribution in [0.5, 0.6) is 0 Å². The maximum absolute atomic E-state index is 10.1. The SMILES string of the molecule is CC(=O)N(O)C(C)O. The quantitative estimate of drug-likeness (QED) is 0.279. The van der Waals surface area contributed by atoms with Gasteiger partial charge in [0.1, 0.15) is 0 Å². The maximum atomic E-state index is 10.1. The van der Waals surface area contributed by atoms with Gasteiger partial charge >= 0.3 is 0 Å². The third-order valence-electron chi connectivity index (χ3n) is 0.677. The van der Waals surface area contributed by atoms with Crippen molar-refractivity contribution in [1.82, 2.24) is 5.06 Å². The molecule has 8 heavy (non-hydrogen) atoms. The second-order valence-electron chi connectivity index (χ2n) is 1.50. The molecule has 0 fully saturated rings. The molecule has 0 aromatic heterocycles. The lowest BCUT2D eigenvalue weighted by Gasteiger charge is -2.14. The van der Waals surface area contributed by atoms with E-state index in [2.05, 4.69) is 0 Å². The molecule has 0 saturated carbocycles. The van der Waals surface area contributed by atoms with Crippen molar-refractivity contribution in [1.29, 1.82) is 0 Å². The van der Waals surface area contributed by atoms with Gasteiger partial charge < -0.3 is 5.11 Å². The third kappa shape index (κ3) is 1.90. The molecule has 0 rings (SSSR count). The van der Waals surface area contributed by atoms with Crippen molar-refractivity contribution in [2.75, 3.05) is 0 Å². The summed E-state index contributed by atoms with van der Waals surface area (Å²) >= 11 is 0. The predicted octanol–water partition coefficient (Wildman–Crippen LogP) is -0.438. The van der Waals surface area contributed by atoms with E-state index >= 15 is 0 Å². The van der Waals surface area contributed by atoms with Crippen LogP contribution in [-0.4, -0.2) is 27.5 Å². The van der Waals surface area contributed by atoms with E-state index in [1.807, 2.05) is 0 Å². The lowest BCUT2D eigenvalue weighted by atomic mass is 10.6. The highest BCUT2D eigenvalue weighted by Crippen LogP contribution is 1.87. The molecule has 0 aliphatic carbocycles. The van der Waals surface area contributed by atoms with Gasteiger partial charge in [0.2, 0.25) is 5.91 Å². The van der Waals surface area contributed by atoms with Gasteiger partial charge in [-0.3, -0.25) is 10.0 Å². The van der Waals surface area contributed by atoms with Crippen LogP contribution < -0.4 is 0 Å². The number of carbonyl (C=O) groups is 1. The Labute approximate surface area is 47.3 Å². The summed E-state index contributed by atoms with van der Waals surface area (Å²) in [6.45, 7) is 2.45. The Hall–Kier alpha value is -0.610. The summed E-state index contributed by atoms with van der Waals surface area (Å²) in [6.07, 6.45) is -1.12. The molecule has 4 heteroatoms. The number of aliphatic hydroxyl groups excluding tert-OH is 1. The van der Waals surface area contributed by atoms with Crippen LogP contribution in [0.25, 0.3) is 0 Å². The molecule has 1 unspecified atom stereocenters. The van der Waals surface area contributed by atoms with Crippen molar-refractivity contribution < 1.29 is 15.1 Å². The Morgan fingerprint density at radius 1 is 1.75 bits per heavy atom. The first-order chi connectivity index (χ1) is 3.55. The van der Waals surface area contributed by atoms with Gasteiger partial charge in [0.15, 0.2) is 6.23 Å². The first kappa shape index (κ1) is 7.39. The number of hydroxylamine groups is 2. The van der Waals surface area contributed by atoms with Crippen molar-refractivity contribution in [2.45, 2.75) is 20.1 Å². The summed E-state index contributed by atoms with van der Waals surface area (Å²) in [6, 6.07) is 0. The minimum Gasteiger partial charge on any atom is -0.372 e. The van der Waals surface area contributed by atoms with Crippen LogP contribution >= 0.6 is 0 Å². The van der Waals surface area contributed by atoms with Gasteiger partial charge in [-0.05, 0) is 6.92 Å². The highest BCUT2D eigenvalue weighted by molar-refractivity contribution is 5.71. The second-order valence-corrected chi connectivity index (χ2v) is 1.50. The molecule has 0 spiro atoms. The monoisotopic (exact) mass is 119 g/mol. The molecule has 0 aromatic carbocycles. The van der Waals surface area contributed by atoms with Crippen LogP contribution in [0.1, 0.15) is 13.8 Å². The van der Waals surface area contributed by atoms with Crippen LogP contribution in [0.2, 0.25) is 0 Å². The largest absolute Gasteiger partial charge is 0.372 e. The van der Waals surface area contributed by atoms with Crippen LogP contribution in [0, 0.1) is 0 Å². The second kappa shape index (κ2) is 2.64. The highest BCUT2D eigenvalue weighted by Gasteiger charge is 2.08. The van der Waals surface area contributed by atoms with Gasteiger partial charge in [0.05, 0.1) is 0 Å². The van der Waals surface area contributed by atoms with Crippen LogP contribution in [0.4, 0.5) is 0 Å². The average Bonchev–Trinajstić information content (AvgIpc) is 1.64. The normalized spacial score (nSPS) is 13.0. The van der Waals surface area contributed by atoms with E-state index in [1.165, 1.54) is 6.92 Å². The van der Waals surface area contributed by atoms with E-state index < -0.39 is 12.1 Å². The minimum absolute atomic E-state index is 0.250. The highest BCUT2D eigenvalue weighted by atomic mass is 16.5. The molecule has 1 atom stereocenters. The first-order valence-corrected chi connectivity index (χ1v) is 2.22. The summed E-state index contributed by atoms with van der Waals surface area (Å²) in [5.41, 5.74) is 0. The minimum atomic E-state index is -1.12. The van der Waals surface area contributed by atoms with Gasteiger partial charge in [-0.25, -0.2) is 0 Å². The fourth-order valence-corrected chi connectivity index (χ4v) is 0.263. The molecule has 1 amide bonds. The van der Waals surface area contributed by atoms with Crippen molar-refractivity contribution in [3.05, 3.63) is 0 Å². The third-order valence-corrected chi connectivity index (χ3v) is 0.677. The first-order valence-electron chi connectivity index (χ1n) is 2.22. The zero-order chi connectivity index (χ0) is 6.73. The number of nitrogens with zero attached hydrogens (tertiary/aromatic N) is 1. The maximum Gasteiger partial charge on any atom is 0.245 e. The summed E-state index contributed by atoms with van der Waals surface area (Å²) in [7, 11) is 0. The van der Waals surface area contributed by atoms with Gasteiger partial charge in [-0.15, -0.1) is 0 Å². The lowest BCUT2D eigenvalue weighted by molar-refractivity contribution is -0.199. The average molecular weight is 119 g/mol. The number of hydrogen-bond donors (Lipinski definition) is 2. The molecule has 0 aliphatic heterocycles. The number of amides is 1. The van der Waals surface area contributed by atoms with E-state index in [0.29, 0.717) is 0 Å². The van der Waals surface area contributed by atoms with Gasteiger partial charge in [-0.1, -0.05) is 0 Å². The zero-order valence-corrected chi connectivity index (χ0v) is 4.83. The Kier molecular flexibility index (Phi) is 2.44. The lowest BCUT2D eigenvalue weighted by Crippen LogP contribution is -2.33. The molecule has 0 heterocycles. The van der Waals surface area contributed by atoms with Crippen molar-refractivity contribution in [2.24, 2.45) is 0 Å². The number of aliphatic hydroxyl groups is 1.